The molecule has 262 valence electrons. The number of nitrogens with zero attached hydrogens (tertiary/aromatic N) is 3. The maximum Gasteiger partial charge on any atom is 0.100 e. The van der Waals surface area contributed by atoms with Crippen LogP contribution in [-0.4, -0.2) is 0 Å². The van der Waals surface area contributed by atoms with Crippen LogP contribution in [0.1, 0.15) is 112 Å². The van der Waals surface area contributed by atoms with Crippen LogP contribution in [0.2, 0.25) is 0 Å². The molecule has 56 heavy (non-hydrogen) atoms. The summed E-state index contributed by atoms with van der Waals surface area (Å²) < 4.78 is 0. The predicted octanol–water partition coefficient (Wildman–Crippen LogP) is 12.2. The van der Waals surface area contributed by atoms with Gasteiger partial charge in [0.1, 0.15) is 12.1 Å². The zero-order valence-electron chi connectivity index (χ0n) is 31.6. The molecule has 3 heteroatoms. The molecule has 0 saturated carbocycles. The Labute approximate surface area is 327 Å². The molecule has 0 heterocycles. The van der Waals surface area contributed by atoms with Crippen molar-refractivity contribution in [2.24, 2.45) is 0 Å². The van der Waals surface area contributed by atoms with E-state index in [1.54, 1.807) is 0 Å². The largest absolute Gasteiger partial charge is 0.192 e. The van der Waals surface area contributed by atoms with Crippen molar-refractivity contribution in [3.05, 3.63) is 200 Å². The van der Waals surface area contributed by atoms with Crippen LogP contribution in [0.4, 0.5) is 0 Å². The summed E-state index contributed by atoms with van der Waals surface area (Å²) in [6, 6.07) is 52.9. The van der Waals surface area contributed by atoms with E-state index in [0.717, 1.165) is 55.6 Å². The Bertz CT molecular complexity index is 2900. The summed E-state index contributed by atoms with van der Waals surface area (Å²) in [7, 11) is 0. The van der Waals surface area contributed by atoms with Crippen molar-refractivity contribution in [3.8, 4) is 62.7 Å². The standard InChI is InChI=1S/C53H35N3/c1-52(2)43-14-7-5-11-34(43)39-24-29(16-22-45(39)52)32-18-20-37-48-36-13-9-10-31(26-54)47(36)51(49(37)41(32)27-55)50-38(48)21-19-33(42(50)28-56)30-17-23-46-40(25-30)35-12-6-8-15-44(35)53(46,3)4/h5-25,48,51H,1-4H3. The summed E-state index contributed by atoms with van der Waals surface area (Å²) in [6.07, 6.45) is 0. The maximum atomic E-state index is 11.2. The number of fused-ring (bicyclic) bond motifs is 6. The van der Waals surface area contributed by atoms with Gasteiger partial charge in [0.25, 0.3) is 0 Å². The van der Waals surface area contributed by atoms with Gasteiger partial charge >= 0.3 is 0 Å². The minimum atomic E-state index is -0.455. The van der Waals surface area contributed by atoms with Gasteiger partial charge in [-0.2, -0.15) is 15.8 Å². The molecule has 0 atom stereocenters. The Morgan fingerprint density at radius 1 is 0.393 bits per heavy atom. The van der Waals surface area contributed by atoms with E-state index < -0.39 is 5.92 Å². The van der Waals surface area contributed by atoms with E-state index in [4.69, 9.17) is 0 Å². The monoisotopic (exact) mass is 713 g/mol. The van der Waals surface area contributed by atoms with Crippen molar-refractivity contribution in [2.75, 3.05) is 0 Å². The van der Waals surface area contributed by atoms with E-state index in [1.807, 2.05) is 12.1 Å². The number of rotatable bonds is 2. The fourth-order valence-electron chi connectivity index (χ4n) is 11.1. The lowest BCUT2D eigenvalue weighted by Crippen LogP contribution is -2.30. The summed E-state index contributed by atoms with van der Waals surface area (Å²) in [5, 5.41) is 33.0. The van der Waals surface area contributed by atoms with Gasteiger partial charge in [-0.05, 0) is 118 Å². The van der Waals surface area contributed by atoms with Gasteiger partial charge in [0, 0.05) is 22.7 Å². The first-order chi connectivity index (χ1) is 27.2. The Kier molecular flexibility index (Phi) is 6.40. The summed E-state index contributed by atoms with van der Waals surface area (Å²) in [4.78, 5) is 0. The number of benzene rings is 7. The smallest absolute Gasteiger partial charge is 0.100 e. The lowest BCUT2D eigenvalue weighted by Gasteiger charge is -2.44. The molecule has 0 radical (unpaired) electrons. The SMILES string of the molecule is CC1(C)c2ccccc2-c2cc(-c3ccc4c(c3C#N)C3c5c(C#N)cccc5C4c4ccc(-c5ccc6c(c5)-c5ccccc5C6(C)C)c(C#N)c43)ccc21. The van der Waals surface area contributed by atoms with Crippen LogP contribution in [0.25, 0.3) is 44.5 Å². The Morgan fingerprint density at radius 3 is 1.34 bits per heavy atom. The minimum absolute atomic E-state index is 0.123. The van der Waals surface area contributed by atoms with Crippen molar-refractivity contribution < 1.29 is 0 Å². The number of nitriles is 3. The number of hydrogen-bond acceptors (Lipinski definition) is 3. The maximum absolute atomic E-state index is 11.2. The fourth-order valence-corrected chi connectivity index (χ4v) is 11.1. The van der Waals surface area contributed by atoms with Gasteiger partial charge in [-0.15, -0.1) is 0 Å². The first-order valence-corrected chi connectivity index (χ1v) is 19.3. The normalized spacial score (nSPS) is 17.5. The lowest BCUT2D eigenvalue weighted by atomic mass is 9.58. The Balaban J connectivity index is 1.14. The van der Waals surface area contributed by atoms with Gasteiger partial charge in [0.15, 0.2) is 0 Å². The molecular formula is C53H35N3. The van der Waals surface area contributed by atoms with Gasteiger partial charge in [0.2, 0.25) is 0 Å². The van der Waals surface area contributed by atoms with Gasteiger partial charge in [0.05, 0.1) is 22.8 Å². The fraction of sp³-hybridized carbons (Fsp3) is 0.151. The molecule has 7 aromatic rings. The Morgan fingerprint density at radius 2 is 0.857 bits per heavy atom. The molecule has 0 N–H and O–H groups in total. The highest BCUT2D eigenvalue weighted by atomic mass is 14.5. The molecule has 0 saturated heterocycles. The van der Waals surface area contributed by atoms with E-state index >= 15 is 0 Å². The van der Waals surface area contributed by atoms with E-state index in [9.17, 15) is 15.8 Å². The average Bonchev–Trinajstić information content (AvgIpc) is 3.61. The van der Waals surface area contributed by atoms with Crippen molar-refractivity contribution in [1.82, 2.24) is 0 Å². The first kappa shape index (κ1) is 32.4. The highest BCUT2D eigenvalue weighted by molar-refractivity contribution is 5.90. The van der Waals surface area contributed by atoms with Crippen LogP contribution in [-0.2, 0) is 10.8 Å². The predicted molar refractivity (Wildman–Crippen MR) is 221 cm³/mol. The third kappa shape index (κ3) is 3.94. The van der Waals surface area contributed by atoms with Crippen LogP contribution in [0.15, 0.2) is 127 Å². The molecule has 3 nitrogen and oxygen atoms in total. The zero-order valence-corrected chi connectivity index (χ0v) is 31.6. The van der Waals surface area contributed by atoms with E-state index in [-0.39, 0.29) is 16.7 Å². The summed E-state index contributed by atoms with van der Waals surface area (Å²) in [6.45, 7) is 9.11. The van der Waals surface area contributed by atoms with Crippen molar-refractivity contribution in [2.45, 2.75) is 50.4 Å². The van der Waals surface area contributed by atoms with Crippen LogP contribution in [0, 0.1) is 34.0 Å². The second-order valence-electron chi connectivity index (χ2n) is 16.9. The topological polar surface area (TPSA) is 71.4 Å². The van der Waals surface area contributed by atoms with Crippen LogP contribution < -0.4 is 0 Å². The molecule has 5 aliphatic carbocycles. The molecule has 0 fully saturated rings. The molecular weight excluding hydrogens is 679 g/mol. The van der Waals surface area contributed by atoms with Gasteiger partial charge in [-0.3, -0.25) is 0 Å². The molecule has 0 aromatic heterocycles. The van der Waals surface area contributed by atoms with E-state index in [2.05, 4.69) is 161 Å². The summed E-state index contributed by atoms with van der Waals surface area (Å²) in [5.41, 5.74) is 21.3. The highest BCUT2D eigenvalue weighted by Gasteiger charge is 2.46. The lowest BCUT2D eigenvalue weighted by molar-refractivity contribution is 0.660. The third-order valence-corrected chi connectivity index (χ3v) is 13.6. The molecule has 0 amide bonds. The molecule has 0 aliphatic heterocycles. The highest BCUT2D eigenvalue weighted by Crippen LogP contribution is 2.60. The van der Waals surface area contributed by atoms with Gasteiger partial charge < -0.3 is 0 Å². The molecule has 12 rings (SSSR count). The minimum Gasteiger partial charge on any atom is -0.192 e. The molecule has 7 aromatic carbocycles. The molecule has 5 aliphatic rings. The quantitative estimate of drug-likeness (QED) is 0.179. The van der Waals surface area contributed by atoms with Crippen LogP contribution >= 0.6 is 0 Å². The van der Waals surface area contributed by atoms with E-state index in [0.29, 0.717) is 16.7 Å². The molecule has 2 bridgehead atoms. The van der Waals surface area contributed by atoms with Crippen LogP contribution in [0.5, 0.6) is 0 Å². The summed E-state index contributed by atoms with van der Waals surface area (Å²) >= 11 is 0. The second-order valence-corrected chi connectivity index (χ2v) is 16.9. The molecule has 0 spiro atoms. The number of hydrogen-bond donors (Lipinski definition) is 0. The molecule has 0 unspecified atom stereocenters. The van der Waals surface area contributed by atoms with Gasteiger partial charge in [-0.25, -0.2) is 0 Å². The van der Waals surface area contributed by atoms with Crippen molar-refractivity contribution >= 4 is 0 Å². The van der Waals surface area contributed by atoms with Crippen molar-refractivity contribution in [1.29, 1.82) is 15.8 Å². The van der Waals surface area contributed by atoms with E-state index in [1.165, 1.54) is 44.5 Å². The summed E-state index contributed by atoms with van der Waals surface area (Å²) in [5.74, 6) is -0.667. The van der Waals surface area contributed by atoms with Gasteiger partial charge in [-0.1, -0.05) is 137 Å². The average molecular weight is 714 g/mol. The zero-order chi connectivity index (χ0) is 38.2. The third-order valence-electron chi connectivity index (χ3n) is 13.6. The van der Waals surface area contributed by atoms with Crippen LogP contribution in [0.3, 0.4) is 0 Å². The first-order valence-electron chi connectivity index (χ1n) is 19.3. The second kappa shape index (κ2) is 11.0. The Hall–Kier alpha value is -6.99. The van der Waals surface area contributed by atoms with Crippen molar-refractivity contribution in [3.63, 3.8) is 0 Å².